The molecule has 39 heavy (non-hydrogen) atoms. The Morgan fingerprint density at radius 2 is 1.85 bits per heavy atom. The monoisotopic (exact) mass is 574 g/mol. The van der Waals surface area contributed by atoms with Crippen LogP contribution in [0.15, 0.2) is 57.3 Å². The molecule has 1 unspecified atom stereocenters. The van der Waals surface area contributed by atoms with Crippen molar-refractivity contribution in [2.24, 2.45) is 10.3 Å². The third kappa shape index (κ3) is 5.03. The predicted octanol–water partition coefficient (Wildman–Crippen LogP) is 2.89. The number of Topliss-reactive ketones (excluding diaryl/α,β-unsaturated/α-hetero) is 1. The topological polar surface area (TPSA) is 162 Å². The molecule has 1 heterocycles. The van der Waals surface area contributed by atoms with Crippen LogP contribution in [-0.4, -0.2) is 64.7 Å². The van der Waals surface area contributed by atoms with E-state index >= 15 is 0 Å². The van der Waals surface area contributed by atoms with Gasteiger partial charge in [0.05, 0.1) is 11.9 Å². The molecule has 1 amide bonds. The highest BCUT2D eigenvalue weighted by molar-refractivity contribution is 7.92. The maximum Gasteiger partial charge on any atom is 0.286 e. The molecule has 208 valence electrons. The summed E-state index contributed by atoms with van der Waals surface area (Å²) in [7, 11) is -5.05. The second kappa shape index (κ2) is 9.79. The van der Waals surface area contributed by atoms with Crippen molar-refractivity contribution in [3.8, 4) is 0 Å². The number of anilines is 2. The number of ketones is 1. The molecule has 3 N–H and O–H groups in total. The first-order valence-corrected chi connectivity index (χ1v) is 15.5. The van der Waals surface area contributed by atoms with Gasteiger partial charge in [-0.05, 0) is 42.5 Å². The van der Waals surface area contributed by atoms with E-state index in [9.17, 15) is 31.5 Å². The Kier molecular flexibility index (Phi) is 7.11. The predicted molar refractivity (Wildman–Crippen MR) is 149 cm³/mol. The summed E-state index contributed by atoms with van der Waals surface area (Å²) in [6.07, 6.45) is 1.56. The summed E-state index contributed by atoms with van der Waals surface area (Å²) in [6.45, 7) is 3.93. The molecule has 1 atom stereocenters. The van der Waals surface area contributed by atoms with E-state index < -0.39 is 54.3 Å². The summed E-state index contributed by atoms with van der Waals surface area (Å²) in [5.74, 6) is -2.04. The van der Waals surface area contributed by atoms with Crippen molar-refractivity contribution >= 4 is 54.7 Å². The molecule has 11 nitrogen and oxygen atoms in total. The first kappa shape index (κ1) is 28.3. The van der Waals surface area contributed by atoms with E-state index in [-0.39, 0.29) is 34.2 Å². The molecule has 2 aromatic rings. The zero-order chi connectivity index (χ0) is 28.9. The number of rotatable bonds is 7. The number of carbonyl (C=O) groups excluding carboxylic acids is 2. The van der Waals surface area contributed by atoms with Crippen molar-refractivity contribution in [1.29, 1.82) is 0 Å². The van der Waals surface area contributed by atoms with Crippen molar-refractivity contribution in [1.82, 2.24) is 4.90 Å². The zero-order valence-electron chi connectivity index (χ0n) is 22.1. The van der Waals surface area contributed by atoms with E-state index in [1.54, 1.807) is 24.3 Å². The van der Waals surface area contributed by atoms with E-state index in [1.165, 1.54) is 31.1 Å². The number of nitrogens with zero attached hydrogens (tertiary/aromatic N) is 2. The van der Waals surface area contributed by atoms with Gasteiger partial charge >= 0.3 is 0 Å². The van der Waals surface area contributed by atoms with Gasteiger partial charge in [0.1, 0.15) is 21.6 Å². The quantitative estimate of drug-likeness (QED) is 0.425. The Bertz CT molecular complexity index is 1660. The molecule has 13 heteroatoms. The average molecular weight is 575 g/mol. The summed E-state index contributed by atoms with van der Waals surface area (Å²) in [5.41, 5.74) is -1.53. The molecule has 0 aromatic heterocycles. The van der Waals surface area contributed by atoms with Crippen LogP contribution in [0.5, 0.6) is 0 Å². The first-order valence-electron chi connectivity index (χ1n) is 12.1. The minimum atomic E-state index is -4.44. The SMILES string of the molecule is CC(C)CCC1(C(=O)N(C)C)C(=O)C(C2=NS(=O)(=O)c3cc(NS(C)(=O)=O)ccc3N2)=C(O)c2ccccc21. The summed E-state index contributed by atoms with van der Waals surface area (Å²) in [4.78, 5) is 29.1. The van der Waals surface area contributed by atoms with Crippen LogP contribution in [0.2, 0.25) is 0 Å². The van der Waals surface area contributed by atoms with E-state index in [1.807, 2.05) is 13.8 Å². The number of aliphatic hydroxyl groups is 1. The molecule has 0 fully saturated rings. The largest absolute Gasteiger partial charge is 0.506 e. The Morgan fingerprint density at radius 3 is 2.46 bits per heavy atom. The highest BCUT2D eigenvalue weighted by atomic mass is 32.2. The highest BCUT2D eigenvalue weighted by Gasteiger charge is 2.55. The van der Waals surface area contributed by atoms with Gasteiger partial charge < -0.3 is 15.3 Å². The van der Waals surface area contributed by atoms with E-state index in [0.29, 0.717) is 12.0 Å². The summed E-state index contributed by atoms with van der Waals surface area (Å²) >= 11 is 0. The maximum atomic E-state index is 14.4. The number of nitrogens with one attached hydrogen (secondary N) is 2. The van der Waals surface area contributed by atoms with Crippen molar-refractivity contribution < 1.29 is 31.5 Å². The van der Waals surface area contributed by atoms with Crippen molar-refractivity contribution in [3.63, 3.8) is 0 Å². The Balaban J connectivity index is 1.93. The van der Waals surface area contributed by atoms with E-state index in [0.717, 1.165) is 12.3 Å². The number of sulfonamides is 2. The maximum absolute atomic E-state index is 14.4. The summed E-state index contributed by atoms with van der Waals surface area (Å²) < 4.78 is 55.7. The lowest BCUT2D eigenvalue weighted by Gasteiger charge is -2.39. The van der Waals surface area contributed by atoms with Crippen LogP contribution < -0.4 is 10.0 Å². The fourth-order valence-corrected chi connectivity index (χ4v) is 6.56. The number of aliphatic hydroxyl groups excluding tert-OH is 1. The molecule has 0 radical (unpaired) electrons. The summed E-state index contributed by atoms with van der Waals surface area (Å²) in [5, 5.41) is 14.1. The number of amides is 1. The normalized spacial score (nSPS) is 20.1. The molecule has 2 aliphatic rings. The zero-order valence-corrected chi connectivity index (χ0v) is 23.8. The van der Waals surface area contributed by atoms with Gasteiger partial charge in [0.2, 0.25) is 15.9 Å². The summed E-state index contributed by atoms with van der Waals surface area (Å²) in [6, 6.07) is 10.3. The Hall–Kier alpha value is -3.71. The van der Waals surface area contributed by atoms with E-state index in [2.05, 4.69) is 14.4 Å². The Labute approximate surface area is 227 Å². The van der Waals surface area contributed by atoms with Gasteiger partial charge in [0.15, 0.2) is 11.6 Å². The lowest BCUT2D eigenvalue weighted by molar-refractivity contribution is -0.141. The highest BCUT2D eigenvalue weighted by Crippen LogP contribution is 2.45. The van der Waals surface area contributed by atoms with Crippen LogP contribution in [-0.2, 0) is 35.1 Å². The average Bonchev–Trinajstić information content (AvgIpc) is 2.83. The second-order valence-electron chi connectivity index (χ2n) is 10.3. The minimum absolute atomic E-state index is 0.00860. The molecular weight excluding hydrogens is 544 g/mol. The minimum Gasteiger partial charge on any atom is -0.506 e. The standard InChI is InChI=1S/C26H30N4O7S2/c1-15(2)12-13-26(25(33)30(3)4)18-9-7-6-8-17(18)22(31)21(23(26)32)24-27-19-11-10-16(28-38(5,34)35)14-20(19)39(36,37)29-24/h6-11,14-15,28,31H,12-13H2,1-5H3,(H,27,29). The molecule has 0 spiro atoms. The fourth-order valence-electron chi connectivity index (χ4n) is 4.86. The number of carbonyl (C=O) groups is 2. The van der Waals surface area contributed by atoms with Crippen LogP contribution >= 0.6 is 0 Å². The van der Waals surface area contributed by atoms with Crippen molar-refractivity contribution in [2.45, 2.75) is 37.0 Å². The van der Waals surface area contributed by atoms with Crippen LogP contribution in [0, 0.1) is 5.92 Å². The molecule has 1 aliphatic heterocycles. The number of likely N-dealkylation sites (N-methyl/N-ethyl adjacent to an activating group) is 1. The third-order valence-corrected chi connectivity index (χ3v) is 8.55. The number of amidine groups is 1. The number of hydrogen-bond donors (Lipinski definition) is 3. The molecule has 0 saturated heterocycles. The lowest BCUT2D eigenvalue weighted by Crippen LogP contribution is -2.54. The molecule has 1 aliphatic carbocycles. The van der Waals surface area contributed by atoms with E-state index in [4.69, 9.17) is 0 Å². The van der Waals surface area contributed by atoms with Gasteiger partial charge in [0.25, 0.3) is 10.0 Å². The fraction of sp³-hybridized carbons (Fsp3) is 0.346. The van der Waals surface area contributed by atoms with Crippen LogP contribution in [0.1, 0.15) is 37.8 Å². The first-order chi connectivity index (χ1) is 18.1. The van der Waals surface area contributed by atoms with Gasteiger partial charge in [0, 0.05) is 25.3 Å². The van der Waals surface area contributed by atoms with Crippen LogP contribution in [0.3, 0.4) is 0 Å². The molecule has 4 rings (SSSR count). The van der Waals surface area contributed by atoms with Gasteiger partial charge in [-0.2, -0.15) is 8.42 Å². The van der Waals surface area contributed by atoms with Gasteiger partial charge in [-0.1, -0.05) is 38.1 Å². The van der Waals surface area contributed by atoms with Crippen molar-refractivity contribution in [3.05, 3.63) is 59.2 Å². The third-order valence-electron chi connectivity index (χ3n) is 6.63. The van der Waals surface area contributed by atoms with Gasteiger partial charge in [-0.3, -0.25) is 14.3 Å². The van der Waals surface area contributed by atoms with Gasteiger partial charge in [-0.25, -0.2) is 8.42 Å². The van der Waals surface area contributed by atoms with Gasteiger partial charge in [-0.15, -0.1) is 4.40 Å². The van der Waals surface area contributed by atoms with Crippen LogP contribution in [0.4, 0.5) is 11.4 Å². The Morgan fingerprint density at radius 1 is 1.18 bits per heavy atom. The lowest BCUT2D eigenvalue weighted by atomic mass is 9.64. The molecular formula is C26H30N4O7S2. The number of fused-ring (bicyclic) bond motifs is 2. The van der Waals surface area contributed by atoms with Crippen LogP contribution in [0.25, 0.3) is 5.76 Å². The molecule has 2 aromatic carbocycles. The number of hydrogen-bond acceptors (Lipinski definition) is 8. The second-order valence-corrected chi connectivity index (χ2v) is 13.6. The van der Waals surface area contributed by atoms with Crippen molar-refractivity contribution in [2.75, 3.05) is 30.4 Å². The molecule has 0 saturated carbocycles. The number of benzene rings is 2. The smallest absolute Gasteiger partial charge is 0.286 e. The molecule has 0 bridgehead atoms.